The van der Waals surface area contributed by atoms with Crippen LogP contribution in [0.2, 0.25) is 0 Å². The molecule has 0 saturated carbocycles. The molecular weight excluding hydrogens is 567 g/mol. The van der Waals surface area contributed by atoms with E-state index in [0.717, 1.165) is 74.1 Å². The molecule has 0 radical (unpaired) electrons. The summed E-state index contributed by atoms with van der Waals surface area (Å²) in [5.41, 5.74) is 5.57. The largest absolute Gasteiger partial charge is 0.507 e. The van der Waals surface area contributed by atoms with Gasteiger partial charge in [0.15, 0.2) is 0 Å². The number of carbonyl (C=O) groups excluding carboxylic acids is 1. The van der Waals surface area contributed by atoms with Gasteiger partial charge in [0.1, 0.15) is 5.75 Å². The molecule has 3 nitrogen and oxygen atoms in total. The molecule has 0 unspecified atom stereocenters. The second-order valence-electron chi connectivity index (χ2n) is 14.0. The average molecular weight is 618 g/mol. The van der Waals surface area contributed by atoms with Crippen molar-refractivity contribution in [2.24, 2.45) is 0 Å². The molecule has 0 spiro atoms. The summed E-state index contributed by atoms with van der Waals surface area (Å²) in [5.74, 6) is 1.69. The van der Waals surface area contributed by atoms with Gasteiger partial charge >= 0.3 is 0 Å². The van der Waals surface area contributed by atoms with Gasteiger partial charge in [0.05, 0.1) is 0 Å². The lowest BCUT2D eigenvalue weighted by Gasteiger charge is -2.28. The Labute approximate surface area is 269 Å². The molecule has 0 aromatic heterocycles. The Balaban J connectivity index is 1.34. The van der Waals surface area contributed by atoms with Crippen molar-refractivity contribution < 1.29 is 9.90 Å². The molecule has 3 aromatic carbocycles. The summed E-state index contributed by atoms with van der Waals surface area (Å²) in [4.78, 5) is 19.4. The maximum Gasteiger partial charge on any atom is 0.226 e. The van der Waals surface area contributed by atoms with Gasteiger partial charge in [0.2, 0.25) is 5.91 Å². The zero-order valence-electron chi connectivity index (χ0n) is 27.4. The highest BCUT2D eigenvalue weighted by molar-refractivity contribution is 7.99. The third-order valence-corrected chi connectivity index (χ3v) is 10.5. The van der Waals surface area contributed by atoms with Crippen molar-refractivity contribution in [2.45, 2.75) is 125 Å². The molecule has 3 aromatic rings. The number of thioether (sulfide) groups is 1. The number of anilines is 1. The van der Waals surface area contributed by atoms with E-state index in [0.29, 0.717) is 12.2 Å². The number of rotatable bonds is 12. The zero-order chi connectivity index (χ0) is 31.2. The molecule has 1 N–H and O–H groups in total. The fraction of sp³-hybridized carbons (Fsp3) is 0.500. The molecule has 5 heteroatoms. The Morgan fingerprint density at radius 3 is 2.19 bits per heavy atom. The van der Waals surface area contributed by atoms with Crippen LogP contribution in [-0.4, -0.2) is 23.3 Å². The lowest BCUT2D eigenvalue weighted by Crippen LogP contribution is -2.31. The third kappa shape index (κ3) is 8.85. The normalized spacial score (nSPS) is 13.0. The molecule has 0 bridgehead atoms. The van der Waals surface area contributed by atoms with E-state index >= 15 is 0 Å². The number of amides is 1. The molecule has 4 rings (SSSR count). The number of hydrogen-bond donors (Lipinski definition) is 1. The number of carbonyl (C=O) groups is 1. The number of benzene rings is 3. The van der Waals surface area contributed by atoms with E-state index in [9.17, 15) is 9.90 Å². The van der Waals surface area contributed by atoms with Crippen LogP contribution < -0.4 is 4.90 Å². The van der Waals surface area contributed by atoms with Crippen LogP contribution in [0.1, 0.15) is 116 Å². The van der Waals surface area contributed by atoms with E-state index in [1.54, 1.807) is 0 Å². The third-order valence-electron chi connectivity index (χ3n) is 8.23. The highest BCUT2D eigenvalue weighted by atomic mass is 32.2. The van der Waals surface area contributed by atoms with Crippen LogP contribution in [0.15, 0.2) is 69.3 Å². The molecule has 1 aliphatic heterocycles. The highest BCUT2D eigenvalue weighted by Crippen LogP contribution is 2.43. The van der Waals surface area contributed by atoms with Crippen molar-refractivity contribution in [3.8, 4) is 5.75 Å². The quantitative estimate of drug-likeness (QED) is 0.127. The lowest BCUT2D eigenvalue weighted by molar-refractivity contribution is -0.118. The second kappa shape index (κ2) is 14.6. The summed E-state index contributed by atoms with van der Waals surface area (Å²) in [5, 5.41) is 11.0. The Hall–Kier alpha value is -2.37. The molecule has 1 aliphatic rings. The first-order valence-corrected chi connectivity index (χ1v) is 17.9. The predicted octanol–water partition coefficient (Wildman–Crippen LogP) is 10.9. The first-order valence-electron chi connectivity index (χ1n) is 16.1. The van der Waals surface area contributed by atoms with Crippen molar-refractivity contribution in [1.82, 2.24) is 0 Å². The fourth-order valence-corrected chi connectivity index (χ4v) is 7.75. The van der Waals surface area contributed by atoms with E-state index in [4.69, 9.17) is 0 Å². The van der Waals surface area contributed by atoms with Crippen LogP contribution in [0.4, 0.5) is 5.69 Å². The molecule has 0 fully saturated rings. The first-order chi connectivity index (χ1) is 20.4. The van der Waals surface area contributed by atoms with E-state index in [2.05, 4.69) is 103 Å². The van der Waals surface area contributed by atoms with Gasteiger partial charge in [0.25, 0.3) is 0 Å². The molecule has 232 valence electrons. The van der Waals surface area contributed by atoms with E-state index in [1.165, 1.54) is 25.8 Å². The molecule has 1 heterocycles. The monoisotopic (exact) mass is 617 g/mol. The Morgan fingerprint density at radius 1 is 0.837 bits per heavy atom. The standard InChI is InChI=1S/C38H51NO2S2/c1-8-9-14-21-39(29-20-19-28-23-27-16-12-13-17-33(27)43-34(28)24-29)35(40)18-11-10-15-22-42-30-25-31(37(2,3)4)36(41)32(26-30)38(5,6)7/h12-13,16-17,19-20,24-26,41H,8-11,14-15,18,21-23H2,1-7H3. The van der Waals surface area contributed by atoms with E-state index in [-0.39, 0.29) is 16.7 Å². The van der Waals surface area contributed by atoms with Crippen LogP contribution >= 0.6 is 23.5 Å². The van der Waals surface area contributed by atoms with Gasteiger partial charge in [-0.2, -0.15) is 0 Å². The number of hydrogen-bond acceptors (Lipinski definition) is 4. The van der Waals surface area contributed by atoms with Crippen molar-refractivity contribution in [2.75, 3.05) is 17.2 Å². The van der Waals surface area contributed by atoms with Crippen molar-refractivity contribution >= 4 is 35.1 Å². The summed E-state index contributed by atoms with van der Waals surface area (Å²) in [7, 11) is 0. The van der Waals surface area contributed by atoms with Gasteiger partial charge in [-0.3, -0.25) is 4.79 Å². The van der Waals surface area contributed by atoms with Crippen molar-refractivity contribution in [1.29, 1.82) is 0 Å². The molecular formula is C38H51NO2S2. The summed E-state index contributed by atoms with van der Waals surface area (Å²) in [6, 6.07) is 19.6. The summed E-state index contributed by atoms with van der Waals surface area (Å²) in [6.07, 6.45) is 7.88. The number of phenolic OH excluding ortho intramolecular Hbond substituents is 1. The van der Waals surface area contributed by atoms with E-state index < -0.39 is 0 Å². The Morgan fingerprint density at radius 2 is 1.51 bits per heavy atom. The Kier molecular flexibility index (Phi) is 11.4. The number of nitrogens with zero attached hydrogens (tertiary/aromatic N) is 1. The predicted molar refractivity (Wildman–Crippen MR) is 186 cm³/mol. The van der Waals surface area contributed by atoms with Crippen LogP contribution in [0.5, 0.6) is 5.75 Å². The van der Waals surface area contributed by atoms with Crippen LogP contribution in [0, 0.1) is 0 Å². The molecule has 0 atom stereocenters. The number of phenols is 1. The minimum absolute atomic E-state index is 0.120. The lowest BCUT2D eigenvalue weighted by atomic mass is 9.79. The number of unbranched alkanes of at least 4 members (excludes halogenated alkanes) is 4. The van der Waals surface area contributed by atoms with Gasteiger partial charge in [-0.25, -0.2) is 0 Å². The first kappa shape index (κ1) is 33.5. The second-order valence-corrected chi connectivity index (χ2v) is 16.2. The van der Waals surface area contributed by atoms with Gasteiger partial charge in [-0.15, -0.1) is 11.8 Å². The van der Waals surface area contributed by atoms with Crippen molar-refractivity contribution in [3.63, 3.8) is 0 Å². The van der Waals surface area contributed by atoms with Gasteiger partial charge < -0.3 is 10.0 Å². The summed E-state index contributed by atoms with van der Waals surface area (Å²) >= 11 is 3.69. The summed E-state index contributed by atoms with van der Waals surface area (Å²) in [6.45, 7) is 16.0. The SMILES string of the molecule is CCCCCN(C(=O)CCCCCSc1cc(C(C)(C)C)c(O)c(C(C)(C)C)c1)c1ccc2c(c1)Sc1ccccc1C2. The Bertz CT molecular complexity index is 1360. The van der Waals surface area contributed by atoms with Gasteiger partial charge in [0, 0.05) is 44.5 Å². The van der Waals surface area contributed by atoms with E-state index in [1.807, 2.05) is 28.4 Å². The van der Waals surface area contributed by atoms with Crippen LogP contribution in [-0.2, 0) is 22.0 Å². The number of aromatic hydroxyl groups is 1. The topological polar surface area (TPSA) is 40.5 Å². The molecule has 43 heavy (non-hydrogen) atoms. The fourth-order valence-electron chi connectivity index (χ4n) is 5.66. The van der Waals surface area contributed by atoms with Gasteiger partial charge in [-0.1, -0.05) is 104 Å². The zero-order valence-corrected chi connectivity index (χ0v) is 29.0. The van der Waals surface area contributed by atoms with Gasteiger partial charge in [-0.05, 0) is 83.7 Å². The van der Waals surface area contributed by atoms with Crippen LogP contribution in [0.25, 0.3) is 0 Å². The minimum Gasteiger partial charge on any atom is -0.507 e. The van der Waals surface area contributed by atoms with Crippen LogP contribution in [0.3, 0.4) is 0 Å². The highest BCUT2D eigenvalue weighted by Gasteiger charge is 2.27. The molecule has 1 amide bonds. The average Bonchev–Trinajstić information content (AvgIpc) is 2.95. The maximum atomic E-state index is 13.5. The smallest absolute Gasteiger partial charge is 0.226 e. The minimum atomic E-state index is -0.120. The van der Waals surface area contributed by atoms with Crippen molar-refractivity contribution in [3.05, 3.63) is 76.9 Å². The maximum absolute atomic E-state index is 13.5. The molecule has 0 saturated heterocycles. The number of fused-ring (bicyclic) bond motifs is 2. The summed E-state index contributed by atoms with van der Waals surface area (Å²) < 4.78 is 0. The molecule has 0 aliphatic carbocycles.